The zero-order chi connectivity index (χ0) is 12.6. The lowest BCUT2D eigenvalue weighted by atomic mass is 9.86. The van der Waals surface area contributed by atoms with Gasteiger partial charge in [-0.15, -0.1) is 0 Å². The minimum atomic E-state index is -0.565. The molecule has 3 N–H and O–H groups in total. The lowest BCUT2D eigenvalue weighted by Crippen LogP contribution is -2.52. The third-order valence-electron chi connectivity index (χ3n) is 4.40. The highest BCUT2D eigenvalue weighted by Crippen LogP contribution is 2.49. The number of carbonyl (C=O) groups excluding carboxylic acids is 1. The van der Waals surface area contributed by atoms with E-state index in [1.807, 2.05) is 13.8 Å². The second-order valence-electron chi connectivity index (χ2n) is 6.18. The fourth-order valence-corrected chi connectivity index (χ4v) is 3.38. The van der Waals surface area contributed by atoms with Crippen LogP contribution in [0.25, 0.3) is 0 Å². The number of hydrogen-bond acceptors (Lipinski definition) is 2. The Hall–Kier alpha value is -0.640. The molecule has 2 rings (SSSR count). The molecule has 0 aromatic rings. The molecular formula is C13H22N2OS. The SMILES string of the molecule is CC(C)(NC(=O)CC1CC2CCC1C2)C(N)=S. The molecule has 0 radical (unpaired) electrons. The molecule has 96 valence electrons. The van der Waals surface area contributed by atoms with Gasteiger partial charge in [-0.1, -0.05) is 18.6 Å². The highest BCUT2D eigenvalue weighted by molar-refractivity contribution is 7.80. The first-order chi connectivity index (χ1) is 7.88. The molecule has 3 atom stereocenters. The molecule has 0 aromatic carbocycles. The van der Waals surface area contributed by atoms with E-state index >= 15 is 0 Å². The molecule has 2 fully saturated rings. The van der Waals surface area contributed by atoms with Gasteiger partial charge in [0.2, 0.25) is 5.91 Å². The van der Waals surface area contributed by atoms with Crippen molar-refractivity contribution in [1.82, 2.24) is 5.32 Å². The fraction of sp³-hybridized carbons (Fsp3) is 0.846. The largest absolute Gasteiger partial charge is 0.391 e. The van der Waals surface area contributed by atoms with Crippen molar-refractivity contribution in [3.8, 4) is 0 Å². The molecule has 2 aliphatic rings. The van der Waals surface area contributed by atoms with Crippen molar-refractivity contribution in [2.24, 2.45) is 23.5 Å². The number of nitrogens with one attached hydrogen (secondary N) is 1. The van der Waals surface area contributed by atoms with E-state index in [4.69, 9.17) is 18.0 Å². The van der Waals surface area contributed by atoms with Gasteiger partial charge in [0.15, 0.2) is 0 Å². The monoisotopic (exact) mass is 254 g/mol. The van der Waals surface area contributed by atoms with Crippen LogP contribution in [0, 0.1) is 17.8 Å². The van der Waals surface area contributed by atoms with Crippen molar-refractivity contribution in [2.45, 2.75) is 51.5 Å². The summed E-state index contributed by atoms with van der Waals surface area (Å²) in [5, 5.41) is 2.94. The van der Waals surface area contributed by atoms with Gasteiger partial charge in [0.25, 0.3) is 0 Å². The van der Waals surface area contributed by atoms with Crippen LogP contribution in [0.4, 0.5) is 0 Å². The summed E-state index contributed by atoms with van der Waals surface area (Å²) in [7, 11) is 0. The summed E-state index contributed by atoms with van der Waals surface area (Å²) in [6.07, 6.45) is 5.93. The maximum Gasteiger partial charge on any atom is 0.221 e. The summed E-state index contributed by atoms with van der Waals surface area (Å²) < 4.78 is 0. The van der Waals surface area contributed by atoms with Crippen molar-refractivity contribution >= 4 is 23.1 Å². The number of fused-ring (bicyclic) bond motifs is 2. The molecule has 2 bridgehead atoms. The average molecular weight is 254 g/mol. The number of rotatable bonds is 4. The van der Waals surface area contributed by atoms with Crippen LogP contribution in [0.1, 0.15) is 46.0 Å². The first-order valence-corrected chi connectivity index (χ1v) is 6.90. The first kappa shape index (κ1) is 12.8. The Morgan fingerprint density at radius 1 is 1.41 bits per heavy atom. The Morgan fingerprint density at radius 3 is 2.59 bits per heavy atom. The maximum absolute atomic E-state index is 12.0. The Kier molecular flexibility index (Phi) is 3.43. The molecule has 0 spiro atoms. The summed E-state index contributed by atoms with van der Waals surface area (Å²) in [4.78, 5) is 12.3. The van der Waals surface area contributed by atoms with E-state index in [9.17, 15) is 4.79 Å². The minimum absolute atomic E-state index is 0.0975. The van der Waals surface area contributed by atoms with Crippen LogP contribution in [0.15, 0.2) is 0 Å². The number of amides is 1. The van der Waals surface area contributed by atoms with E-state index in [1.54, 1.807) is 0 Å². The fourth-order valence-electron chi connectivity index (χ4n) is 3.33. The third-order valence-corrected chi connectivity index (χ3v) is 4.91. The predicted octanol–water partition coefficient (Wildman–Crippen LogP) is 1.99. The highest BCUT2D eigenvalue weighted by Gasteiger charge is 2.40. The molecular weight excluding hydrogens is 232 g/mol. The van der Waals surface area contributed by atoms with Crippen molar-refractivity contribution in [3.63, 3.8) is 0 Å². The van der Waals surface area contributed by atoms with E-state index in [-0.39, 0.29) is 5.91 Å². The zero-order valence-electron chi connectivity index (χ0n) is 10.7. The molecule has 0 aliphatic heterocycles. The summed E-state index contributed by atoms with van der Waals surface area (Å²) in [5.74, 6) is 2.37. The van der Waals surface area contributed by atoms with Crippen LogP contribution in [0.5, 0.6) is 0 Å². The number of hydrogen-bond donors (Lipinski definition) is 2. The van der Waals surface area contributed by atoms with E-state index < -0.39 is 5.54 Å². The van der Waals surface area contributed by atoms with Gasteiger partial charge in [0.05, 0.1) is 10.5 Å². The van der Waals surface area contributed by atoms with Crippen molar-refractivity contribution in [1.29, 1.82) is 0 Å². The predicted molar refractivity (Wildman–Crippen MR) is 72.6 cm³/mol. The molecule has 0 heterocycles. The molecule has 4 heteroatoms. The topological polar surface area (TPSA) is 55.1 Å². The molecule has 3 nitrogen and oxygen atoms in total. The molecule has 2 aliphatic carbocycles. The van der Waals surface area contributed by atoms with Crippen LogP contribution in [-0.4, -0.2) is 16.4 Å². The van der Waals surface area contributed by atoms with E-state index in [2.05, 4.69) is 5.32 Å². The van der Waals surface area contributed by atoms with Gasteiger partial charge >= 0.3 is 0 Å². The third kappa shape index (κ3) is 2.79. The van der Waals surface area contributed by atoms with Gasteiger partial charge in [-0.3, -0.25) is 4.79 Å². The van der Waals surface area contributed by atoms with Gasteiger partial charge < -0.3 is 11.1 Å². The number of nitrogens with two attached hydrogens (primary N) is 1. The molecule has 17 heavy (non-hydrogen) atoms. The summed E-state index contributed by atoms with van der Waals surface area (Å²) in [6.45, 7) is 3.71. The Balaban J connectivity index is 1.84. The molecule has 1 amide bonds. The zero-order valence-corrected chi connectivity index (χ0v) is 11.5. The van der Waals surface area contributed by atoms with E-state index in [0.717, 1.165) is 11.8 Å². The maximum atomic E-state index is 12.0. The van der Waals surface area contributed by atoms with Crippen molar-refractivity contribution in [3.05, 3.63) is 0 Å². The molecule has 2 saturated carbocycles. The lowest BCUT2D eigenvalue weighted by Gasteiger charge is -2.27. The minimum Gasteiger partial charge on any atom is -0.391 e. The lowest BCUT2D eigenvalue weighted by molar-refractivity contribution is -0.123. The Morgan fingerprint density at radius 2 is 2.12 bits per heavy atom. The van der Waals surface area contributed by atoms with Gasteiger partial charge in [-0.2, -0.15) is 0 Å². The van der Waals surface area contributed by atoms with Crippen molar-refractivity contribution < 1.29 is 4.79 Å². The Bertz CT molecular complexity index is 340. The smallest absolute Gasteiger partial charge is 0.221 e. The first-order valence-electron chi connectivity index (χ1n) is 6.49. The van der Waals surface area contributed by atoms with Crippen LogP contribution in [-0.2, 0) is 4.79 Å². The van der Waals surface area contributed by atoms with Crippen molar-refractivity contribution in [2.75, 3.05) is 0 Å². The summed E-state index contributed by atoms with van der Waals surface area (Å²) in [6, 6.07) is 0. The normalized spacial score (nSPS) is 31.5. The van der Waals surface area contributed by atoms with Gasteiger partial charge in [0, 0.05) is 6.42 Å². The molecule has 0 aromatic heterocycles. The summed E-state index contributed by atoms with van der Waals surface area (Å²) in [5.41, 5.74) is 5.04. The standard InChI is InChI=1S/C13H22N2OS/c1-13(2,12(14)17)15-11(16)7-10-6-8-3-4-9(10)5-8/h8-10H,3-7H2,1-2H3,(H2,14,17)(H,15,16). The second-order valence-corrected chi connectivity index (χ2v) is 6.62. The van der Waals surface area contributed by atoms with Crippen LogP contribution in [0.3, 0.4) is 0 Å². The Labute approximate surface area is 109 Å². The van der Waals surface area contributed by atoms with E-state index in [1.165, 1.54) is 25.7 Å². The van der Waals surface area contributed by atoms with E-state index in [0.29, 0.717) is 17.3 Å². The number of carbonyl (C=O) groups is 1. The van der Waals surface area contributed by atoms with Gasteiger partial charge in [0.1, 0.15) is 0 Å². The summed E-state index contributed by atoms with van der Waals surface area (Å²) >= 11 is 4.95. The van der Waals surface area contributed by atoms with Gasteiger partial charge in [-0.25, -0.2) is 0 Å². The molecule has 3 unspecified atom stereocenters. The highest BCUT2D eigenvalue weighted by atomic mass is 32.1. The average Bonchev–Trinajstić information content (AvgIpc) is 2.77. The van der Waals surface area contributed by atoms with Crippen LogP contribution >= 0.6 is 12.2 Å². The second kappa shape index (κ2) is 4.56. The quantitative estimate of drug-likeness (QED) is 0.754. The van der Waals surface area contributed by atoms with Gasteiger partial charge in [-0.05, 0) is 50.9 Å². The number of thiocarbonyl (C=S) groups is 1. The van der Waals surface area contributed by atoms with Crippen LogP contribution < -0.4 is 11.1 Å². The molecule has 0 saturated heterocycles. The van der Waals surface area contributed by atoms with Crippen LogP contribution in [0.2, 0.25) is 0 Å².